The van der Waals surface area contributed by atoms with E-state index in [4.69, 9.17) is 17.3 Å². The Morgan fingerprint density at radius 2 is 1.76 bits per heavy atom. The molecule has 33 heavy (non-hydrogen) atoms. The van der Waals surface area contributed by atoms with Crippen LogP contribution >= 0.6 is 11.6 Å². The number of amides is 2. The molecule has 0 aromatic heterocycles. The van der Waals surface area contributed by atoms with E-state index in [1.165, 1.54) is 16.3 Å². The topological polar surface area (TPSA) is 75.4 Å². The Bertz CT molecular complexity index is 1130. The molecule has 1 aliphatic heterocycles. The van der Waals surface area contributed by atoms with Crippen LogP contribution in [0.3, 0.4) is 0 Å². The predicted octanol–water partition coefficient (Wildman–Crippen LogP) is 3.82. The van der Waals surface area contributed by atoms with Gasteiger partial charge in [-0.25, -0.2) is 0 Å². The predicted molar refractivity (Wildman–Crippen MR) is 133 cm³/mol. The summed E-state index contributed by atoms with van der Waals surface area (Å²) in [5, 5.41) is 6.63. The molecule has 0 spiro atoms. The van der Waals surface area contributed by atoms with Crippen molar-refractivity contribution in [1.82, 2.24) is 10.2 Å². The summed E-state index contributed by atoms with van der Waals surface area (Å²) in [7, 11) is 0. The molecule has 1 saturated heterocycles. The molecule has 6 heteroatoms. The number of benzene rings is 3. The molecule has 3 N–H and O–H groups in total. The van der Waals surface area contributed by atoms with Crippen molar-refractivity contribution >= 4 is 34.2 Å². The highest BCUT2D eigenvalue weighted by molar-refractivity contribution is 6.30. The molecule has 1 fully saturated rings. The van der Waals surface area contributed by atoms with Crippen LogP contribution in [0.1, 0.15) is 18.1 Å². The highest BCUT2D eigenvalue weighted by Crippen LogP contribution is 2.23. The third-order valence-electron chi connectivity index (χ3n) is 6.60. The normalized spacial score (nSPS) is 18.1. The first kappa shape index (κ1) is 23.3. The zero-order valence-corrected chi connectivity index (χ0v) is 19.6. The highest BCUT2D eigenvalue weighted by Gasteiger charge is 2.34. The number of carbonyl (C=O) groups is 2. The van der Waals surface area contributed by atoms with E-state index in [9.17, 15) is 9.59 Å². The van der Waals surface area contributed by atoms with Gasteiger partial charge in [-0.3, -0.25) is 9.59 Å². The van der Waals surface area contributed by atoms with Crippen molar-refractivity contribution in [3.8, 4) is 0 Å². The fourth-order valence-corrected chi connectivity index (χ4v) is 4.72. The van der Waals surface area contributed by atoms with Crippen LogP contribution in [0.25, 0.3) is 10.8 Å². The summed E-state index contributed by atoms with van der Waals surface area (Å²) < 4.78 is 0. The number of rotatable bonds is 7. The highest BCUT2D eigenvalue weighted by atomic mass is 35.5. The van der Waals surface area contributed by atoms with Crippen LogP contribution in [0.5, 0.6) is 0 Å². The maximum atomic E-state index is 13.6. The van der Waals surface area contributed by atoms with Crippen LogP contribution in [-0.4, -0.2) is 42.4 Å². The maximum Gasteiger partial charge on any atom is 0.226 e. The molecule has 1 unspecified atom stereocenters. The van der Waals surface area contributed by atoms with Gasteiger partial charge in [-0.15, -0.1) is 0 Å². The number of hydrogen-bond donors (Lipinski definition) is 2. The summed E-state index contributed by atoms with van der Waals surface area (Å²) in [5.74, 6) is -1.52. The number of hydrogen-bond acceptors (Lipinski definition) is 3. The number of nitrogens with one attached hydrogen (secondary N) is 1. The van der Waals surface area contributed by atoms with Gasteiger partial charge in [0.1, 0.15) is 0 Å². The van der Waals surface area contributed by atoms with Crippen molar-refractivity contribution < 1.29 is 9.59 Å². The van der Waals surface area contributed by atoms with E-state index in [0.29, 0.717) is 24.5 Å². The van der Waals surface area contributed by atoms with Gasteiger partial charge in [-0.05, 0) is 46.9 Å². The molecule has 0 bridgehead atoms. The molecule has 1 aliphatic rings. The number of nitrogens with two attached hydrogens (primary N) is 1. The molecule has 3 aromatic carbocycles. The molecule has 1 heterocycles. The molecule has 4 rings (SSSR count). The fourth-order valence-electron chi connectivity index (χ4n) is 4.60. The minimum absolute atomic E-state index is 0.0127. The quantitative estimate of drug-likeness (QED) is 0.559. The average Bonchev–Trinajstić information content (AvgIpc) is 2.83. The monoisotopic (exact) mass is 463 g/mol. The van der Waals surface area contributed by atoms with Gasteiger partial charge in [-0.1, -0.05) is 73.1 Å². The lowest BCUT2D eigenvalue weighted by molar-refractivity contribution is -0.141. The van der Waals surface area contributed by atoms with Crippen LogP contribution in [0.15, 0.2) is 66.7 Å². The third-order valence-corrected chi connectivity index (χ3v) is 6.85. The zero-order chi connectivity index (χ0) is 23.4. The average molecular weight is 464 g/mol. The Kier molecular flexibility index (Phi) is 7.31. The van der Waals surface area contributed by atoms with Gasteiger partial charge in [0, 0.05) is 36.6 Å². The SMILES string of the molecule is CC(C(N)=O)[C@@H](Cc1ccc(Cl)cc1)C(=O)N1CCN[C@H](Cc2ccc3ccccc3c2)C1. The minimum Gasteiger partial charge on any atom is -0.369 e. The number of fused-ring (bicyclic) bond motifs is 1. The van der Waals surface area contributed by atoms with E-state index in [-0.39, 0.29) is 11.9 Å². The number of halogens is 1. The van der Waals surface area contributed by atoms with Crippen LogP contribution in [0, 0.1) is 11.8 Å². The van der Waals surface area contributed by atoms with E-state index in [0.717, 1.165) is 18.5 Å². The number of carbonyl (C=O) groups excluding carboxylic acids is 2. The summed E-state index contributed by atoms with van der Waals surface area (Å²) in [6.45, 7) is 3.70. The van der Waals surface area contributed by atoms with Gasteiger partial charge in [-0.2, -0.15) is 0 Å². The molecule has 0 aliphatic carbocycles. The van der Waals surface area contributed by atoms with E-state index >= 15 is 0 Å². The van der Waals surface area contributed by atoms with Crippen molar-refractivity contribution in [2.24, 2.45) is 17.6 Å². The van der Waals surface area contributed by atoms with Crippen molar-refractivity contribution in [1.29, 1.82) is 0 Å². The lowest BCUT2D eigenvalue weighted by atomic mass is 9.86. The summed E-state index contributed by atoms with van der Waals surface area (Å²) >= 11 is 6.00. The van der Waals surface area contributed by atoms with E-state index < -0.39 is 17.7 Å². The van der Waals surface area contributed by atoms with Crippen LogP contribution < -0.4 is 11.1 Å². The van der Waals surface area contributed by atoms with Crippen LogP contribution in [0.2, 0.25) is 5.02 Å². The Morgan fingerprint density at radius 3 is 2.48 bits per heavy atom. The van der Waals surface area contributed by atoms with Crippen molar-refractivity contribution in [2.75, 3.05) is 19.6 Å². The molecule has 3 atom stereocenters. The van der Waals surface area contributed by atoms with Gasteiger partial charge < -0.3 is 16.0 Å². The molecule has 2 amide bonds. The summed E-state index contributed by atoms with van der Waals surface area (Å²) in [5.41, 5.74) is 7.82. The standard InChI is InChI=1S/C27H30ClN3O2/c1-18(26(29)32)25(16-19-7-10-23(28)11-8-19)27(33)31-13-12-30-24(17-31)15-20-6-9-21-4-2-3-5-22(21)14-20/h2-11,14,18,24-25,30H,12-13,15-17H2,1H3,(H2,29,32)/t18?,24-,25-/m1/s1. The van der Waals surface area contributed by atoms with E-state index in [1.54, 1.807) is 19.1 Å². The molecular weight excluding hydrogens is 434 g/mol. The second kappa shape index (κ2) is 10.4. The van der Waals surface area contributed by atoms with Gasteiger partial charge in [0.05, 0.1) is 5.92 Å². The van der Waals surface area contributed by atoms with Crippen molar-refractivity contribution in [3.05, 3.63) is 82.9 Å². The first-order valence-electron chi connectivity index (χ1n) is 11.4. The summed E-state index contributed by atoms with van der Waals surface area (Å²) in [4.78, 5) is 27.4. The van der Waals surface area contributed by atoms with E-state index in [2.05, 4.69) is 35.6 Å². The number of nitrogens with zero attached hydrogens (tertiary/aromatic N) is 1. The second-order valence-corrected chi connectivity index (χ2v) is 9.39. The molecule has 0 saturated carbocycles. The Morgan fingerprint density at radius 1 is 1.06 bits per heavy atom. The maximum absolute atomic E-state index is 13.6. The van der Waals surface area contributed by atoms with Gasteiger partial charge in [0.15, 0.2) is 0 Å². The van der Waals surface area contributed by atoms with Crippen LogP contribution in [-0.2, 0) is 22.4 Å². The lowest BCUT2D eigenvalue weighted by Crippen LogP contribution is -2.55. The Balaban J connectivity index is 1.47. The second-order valence-electron chi connectivity index (χ2n) is 8.95. The minimum atomic E-state index is -0.554. The largest absolute Gasteiger partial charge is 0.369 e. The fraction of sp³-hybridized carbons (Fsp3) is 0.333. The molecular formula is C27H30ClN3O2. The van der Waals surface area contributed by atoms with Gasteiger partial charge >= 0.3 is 0 Å². The van der Waals surface area contributed by atoms with E-state index in [1.807, 2.05) is 29.2 Å². The Hall–Kier alpha value is -2.89. The number of primary amides is 1. The van der Waals surface area contributed by atoms with Crippen molar-refractivity contribution in [2.45, 2.75) is 25.8 Å². The third kappa shape index (κ3) is 5.73. The molecule has 172 valence electrons. The summed E-state index contributed by atoms with van der Waals surface area (Å²) in [6, 6.07) is 22.4. The number of piperazine rings is 1. The van der Waals surface area contributed by atoms with Gasteiger partial charge in [0.2, 0.25) is 11.8 Å². The Labute approximate surface area is 199 Å². The van der Waals surface area contributed by atoms with Gasteiger partial charge in [0.25, 0.3) is 0 Å². The molecule has 3 aromatic rings. The molecule has 0 radical (unpaired) electrons. The summed E-state index contributed by atoms with van der Waals surface area (Å²) in [6.07, 6.45) is 1.29. The zero-order valence-electron chi connectivity index (χ0n) is 18.8. The first-order chi connectivity index (χ1) is 15.9. The lowest BCUT2D eigenvalue weighted by Gasteiger charge is -2.37. The first-order valence-corrected chi connectivity index (χ1v) is 11.8. The van der Waals surface area contributed by atoms with Crippen LogP contribution in [0.4, 0.5) is 0 Å². The van der Waals surface area contributed by atoms with Crippen molar-refractivity contribution in [3.63, 3.8) is 0 Å². The smallest absolute Gasteiger partial charge is 0.226 e. The molecule has 5 nitrogen and oxygen atoms in total.